The highest BCUT2D eigenvalue weighted by molar-refractivity contribution is 5.90. The van der Waals surface area contributed by atoms with Gasteiger partial charge in [0, 0.05) is 12.3 Å². The van der Waals surface area contributed by atoms with Gasteiger partial charge in [0.05, 0.1) is 12.4 Å². The molecule has 0 saturated carbocycles. The summed E-state index contributed by atoms with van der Waals surface area (Å²) in [6.45, 7) is 5.37. The van der Waals surface area contributed by atoms with Gasteiger partial charge in [-0.25, -0.2) is 9.97 Å². The van der Waals surface area contributed by atoms with E-state index in [1.165, 1.54) is 12.4 Å². The lowest BCUT2D eigenvalue weighted by atomic mass is 10.2. The van der Waals surface area contributed by atoms with Crippen LogP contribution in [0.3, 0.4) is 0 Å². The van der Waals surface area contributed by atoms with Crippen LogP contribution in [0, 0.1) is 5.92 Å². The minimum atomic E-state index is -0.459. The molecule has 2 rings (SSSR count). The Kier molecular flexibility index (Phi) is 8.34. The van der Waals surface area contributed by atoms with Crippen molar-refractivity contribution < 1.29 is 9.59 Å². The molecular formula is C16H24N8O4. The largest absolute Gasteiger partial charge is 0.393 e. The average Bonchev–Trinajstić information content (AvgIpc) is 2.62. The molecule has 28 heavy (non-hydrogen) atoms. The number of nitrogen functional groups attached to an aromatic ring is 2. The number of nitrogens with zero attached hydrogens (tertiary/aromatic N) is 2. The van der Waals surface area contributed by atoms with Gasteiger partial charge in [0.25, 0.3) is 11.1 Å². The van der Waals surface area contributed by atoms with E-state index in [-0.39, 0.29) is 41.0 Å². The van der Waals surface area contributed by atoms with Crippen molar-refractivity contribution in [2.45, 2.75) is 33.6 Å². The fraction of sp³-hybridized carbons (Fsp3) is 0.375. The molecule has 0 aliphatic heterocycles. The summed E-state index contributed by atoms with van der Waals surface area (Å²) in [7, 11) is 0. The van der Waals surface area contributed by atoms with E-state index in [0.717, 1.165) is 6.42 Å². The first-order valence-electron chi connectivity index (χ1n) is 8.44. The molecule has 2 aromatic heterocycles. The van der Waals surface area contributed by atoms with Gasteiger partial charge in [-0.2, -0.15) is 0 Å². The van der Waals surface area contributed by atoms with Gasteiger partial charge in [-0.15, -0.1) is 0 Å². The van der Waals surface area contributed by atoms with Crippen molar-refractivity contribution in [2.24, 2.45) is 5.92 Å². The van der Waals surface area contributed by atoms with Crippen molar-refractivity contribution in [2.75, 3.05) is 22.1 Å². The standard InChI is InChI=1S/2C8H12N4O2/c1-4(2)6(13)11-8-10-3-5(9)7(14)12-8;1-2-3-6(13)11-8-10-4-5(9)7(14)12-8/h3-4H,9H2,1-2H3,(H2,10,11,12,13,14);4H,2-3,9H2,1H3,(H2,10,11,12,13,14). The lowest BCUT2D eigenvalue weighted by Crippen LogP contribution is -2.22. The molecule has 152 valence electrons. The van der Waals surface area contributed by atoms with Gasteiger partial charge in [-0.1, -0.05) is 20.8 Å². The topological polar surface area (TPSA) is 202 Å². The Morgan fingerprint density at radius 3 is 1.86 bits per heavy atom. The Labute approximate surface area is 160 Å². The van der Waals surface area contributed by atoms with Gasteiger partial charge in [-0.3, -0.25) is 39.8 Å². The molecule has 2 amide bonds. The number of anilines is 4. The predicted octanol–water partition coefficient (Wildman–Crippen LogP) is 0.0373. The van der Waals surface area contributed by atoms with Gasteiger partial charge in [0.15, 0.2) is 0 Å². The number of carbonyl (C=O) groups excluding carboxylic acids is 2. The maximum absolute atomic E-state index is 11.2. The monoisotopic (exact) mass is 392 g/mol. The van der Waals surface area contributed by atoms with E-state index in [0.29, 0.717) is 6.42 Å². The van der Waals surface area contributed by atoms with E-state index in [2.05, 4.69) is 30.6 Å². The quantitative estimate of drug-likeness (QED) is 0.409. The van der Waals surface area contributed by atoms with Crippen molar-refractivity contribution in [1.29, 1.82) is 0 Å². The molecule has 12 nitrogen and oxygen atoms in total. The molecule has 0 fully saturated rings. The first-order valence-corrected chi connectivity index (χ1v) is 8.44. The molecule has 2 aromatic rings. The second-order valence-electron chi connectivity index (χ2n) is 5.97. The van der Waals surface area contributed by atoms with E-state index in [4.69, 9.17) is 11.5 Å². The van der Waals surface area contributed by atoms with Crippen molar-refractivity contribution >= 4 is 35.1 Å². The highest BCUT2D eigenvalue weighted by atomic mass is 16.2. The highest BCUT2D eigenvalue weighted by Crippen LogP contribution is 2.00. The summed E-state index contributed by atoms with van der Waals surface area (Å²) in [5.41, 5.74) is 9.66. The number of hydrogen-bond donors (Lipinski definition) is 6. The third-order valence-corrected chi connectivity index (χ3v) is 3.15. The number of carbonyl (C=O) groups is 2. The van der Waals surface area contributed by atoms with E-state index < -0.39 is 11.1 Å². The molecule has 12 heteroatoms. The summed E-state index contributed by atoms with van der Waals surface area (Å²) in [4.78, 5) is 56.5. The van der Waals surface area contributed by atoms with Crippen LogP contribution in [0.1, 0.15) is 33.6 Å². The predicted molar refractivity (Wildman–Crippen MR) is 106 cm³/mol. The number of hydrogen-bond acceptors (Lipinski definition) is 8. The Morgan fingerprint density at radius 2 is 1.46 bits per heavy atom. The Bertz CT molecular complexity index is 935. The van der Waals surface area contributed by atoms with Crippen molar-refractivity contribution in [3.8, 4) is 0 Å². The first kappa shape index (κ1) is 22.3. The van der Waals surface area contributed by atoms with Crippen LogP contribution in [0.4, 0.5) is 23.3 Å². The zero-order chi connectivity index (χ0) is 21.3. The second-order valence-corrected chi connectivity index (χ2v) is 5.97. The smallest absolute Gasteiger partial charge is 0.275 e. The molecule has 0 aliphatic carbocycles. The molecule has 0 saturated heterocycles. The summed E-state index contributed by atoms with van der Waals surface area (Å²) < 4.78 is 0. The van der Waals surface area contributed by atoms with Crippen LogP contribution in [-0.2, 0) is 9.59 Å². The normalized spacial score (nSPS) is 10.0. The number of amides is 2. The molecule has 0 atom stereocenters. The van der Waals surface area contributed by atoms with E-state index in [9.17, 15) is 19.2 Å². The fourth-order valence-electron chi connectivity index (χ4n) is 1.62. The Morgan fingerprint density at radius 1 is 1.00 bits per heavy atom. The lowest BCUT2D eigenvalue weighted by molar-refractivity contribution is -0.119. The highest BCUT2D eigenvalue weighted by Gasteiger charge is 2.08. The molecule has 0 spiro atoms. The summed E-state index contributed by atoms with van der Waals surface area (Å²) in [6.07, 6.45) is 3.55. The molecule has 0 radical (unpaired) electrons. The maximum Gasteiger partial charge on any atom is 0.275 e. The van der Waals surface area contributed by atoms with Crippen LogP contribution in [0.25, 0.3) is 0 Å². The third kappa shape index (κ3) is 7.27. The third-order valence-electron chi connectivity index (χ3n) is 3.15. The number of H-pyrrole nitrogens is 2. The minimum Gasteiger partial charge on any atom is -0.393 e. The van der Waals surface area contributed by atoms with Crippen LogP contribution in [0.5, 0.6) is 0 Å². The van der Waals surface area contributed by atoms with E-state index >= 15 is 0 Å². The zero-order valence-electron chi connectivity index (χ0n) is 15.8. The van der Waals surface area contributed by atoms with Gasteiger partial charge < -0.3 is 11.5 Å². The molecule has 0 aromatic carbocycles. The molecule has 0 aliphatic rings. The molecule has 0 bridgehead atoms. The average molecular weight is 392 g/mol. The molecule has 8 N–H and O–H groups in total. The van der Waals surface area contributed by atoms with Gasteiger partial charge in [-0.05, 0) is 6.42 Å². The number of rotatable bonds is 5. The van der Waals surface area contributed by atoms with Gasteiger partial charge in [0.2, 0.25) is 23.7 Å². The van der Waals surface area contributed by atoms with Crippen LogP contribution < -0.4 is 33.2 Å². The summed E-state index contributed by atoms with van der Waals surface area (Å²) in [5.74, 6) is -0.318. The Hall–Kier alpha value is -3.70. The van der Waals surface area contributed by atoms with Gasteiger partial charge >= 0.3 is 0 Å². The lowest BCUT2D eigenvalue weighted by Gasteiger charge is -2.05. The number of nitrogens with one attached hydrogen (secondary N) is 4. The second kappa shape index (κ2) is 10.4. The number of aromatic nitrogens is 4. The van der Waals surface area contributed by atoms with Crippen LogP contribution in [0.2, 0.25) is 0 Å². The van der Waals surface area contributed by atoms with Crippen molar-refractivity contribution in [3.63, 3.8) is 0 Å². The molecule has 2 heterocycles. The van der Waals surface area contributed by atoms with Crippen LogP contribution >= 0.6 is 0 Å². The zero-order valence-corrected chi connectivity index (χ0v) is 15.8. The number of nitrogens with two attached hydrogens (primary N) is 2. The fourth-order valence-corrected chi connectivity index (χ4v) is 1.62. The minimum absolute atomic E-state index is 0.0209. The number of aromatic amines is 2. The first-order chi connectivity index (χ1) is 13.1. The van der Waals surface area contributed by atoms with Gasteiger partial charge in [0.1, 0.15) is 11.4 Å². The SMILES string of the molecule is CC(C)C(=O)Nc1ncc(N)c(=O)[nH]1.CCCC(=O)Nc1ncc(N)c(=O)[nH]1. The molecular weight excluding hydrogens is 368 g/mol. The summed E-state index contributed by atoms with van der Waals surface area (Å²) in [6, 6.07) is 0. The van der Waals surface area contributed by atoms with Crippen LogP contribution in [-0.4, -0.2) is 31.8 Å². The Balaban J connectivity index is 0.000000280. The summed E-state index contributed by atoms with van der Waals surface area (Å²) >= 11 is 0. The van der Waals surface area contributed by atoms with Crippen molar-refractivity contribution in [1.82, 2.24) is 19.9 Å². The maximum atomic E-state index is 11.2. The summed E-state index contributed by atoms with van der Waals surface area (Å²) in [5, 5.41) is 4.90. The van der Waals surface area contributed by atoms with E-state index in [1.807, 2.05) is 6.92 Å². The molecule has 0 unspecified atom stereocenters. The van der Waals surface area contributed by atoms with Crippen molar-refractivity contribution in [3.05, 3.63) is 33.1 Å². The van der Waals surface area contributed by atoms with E-state index in [1.54, 1.807) is 13.8 Å². The van der Waals surface area contributed by atoms with Crippen LogP contribution in [0.15, 0.2) is 22.0 Å².